The normalized spacial score (nSPS) is 12.0. The number of hydrogen-bond acceptors (Lipinski definition) is 3. The van der Waals surface area contributed by atoms with Crippen LogP contribution in [0.5, 0.6) is 5.75 Å². The molecule has 2 aromatic rings. The molecular weight excluding hydrogens is 304 g/mol. The predicted octanol–water partition coefficient (Wildman–Crippen LogP) is 3.06. The summed E-state index contributed by atoms with van der Waals surface area (Å²) in [5, 5.41) is 12.7. The topological polar surface area (TPSA) is 58.6 Å². The number of aliphatic hydroxyl groups excluding tert-OH is 1. The second kappa shape index (κ2) is 7.69. The van der Waals surface area contributed by atoms with Gasteiger partial charge in [-0.25, -0.2) is 0 Å². The Morgan fingerprint density at radius 3 is 2.52 bits per heavy atom. The van der Waals surface area contributed by atoms with Crippen molar-refractivity contribution in [3.05, 3.63) is 65.2 Å². The third kappa shape index (κ3) is 5.03. The highest BCUT2D eigenvalue weighted by atomic mass is 19.3. The van der Waals surface area contributed by atoms with E-state index in [0.717, 1.165) is 5.56 Å². The Morgan fingerprint density at radius 1 is 1.22 bits per heavy atom. The van der Waals surface area contributed by atoms with Crippen LogP contribution in [0.4, 0.5) is 8.78 Å². The second-order valence-electron chi connectivity index (χ2n) is 5.04. The molecule has 0 radical (unpaired) electrons. The van der Waals surface area contributed by atoms with E-state index in [9.17, 15) is 18.7 Å². The molecule has 0 aliphatic rings. The summed E-state index contributed by atoms with van der Waals surface area (Å²) in [4.78, 5) is 12.0. The molecule has 0 aromatic heterocycles. The molecule has 0 aliphatic carbocycles. The fourth-order valence-electron chi connectivity index (χ4n) is 2.07. The number of alkyl halides is 2. The van der Waals surface area contributed by atoms with Gasteiger partial charge in [-0.15, -0.1) is 0 Å². The van der Waals surface area contributed by atoms with Gasteiger partial charge in [0.2, 0.25) is 0 Å². The van der Waals surface area contributed by atoms with E-state index >= 15 is 0 Å². The van der Waals surface area contributed by atoms with Gasteiger partial charge in [0.05, 0.1) is 6.10 Å². The summed E-state index contributed by atoms with van der Waals surface area (Å²) in [5.74, 6) is -0.273. The Morgan fingerprint density at radius 2 is 1.91 bits per heavy atom. The zero-order chi connectivity index (χ0) is 16.8. The average molecular weight is 321 g/mol. The van der Waals surface area contributed by atoms with Gasteiger partial charge in [-0.05, 0) is 36.8 Å². The van der Waals surface area contributed by atoms with Crippen LogP contribution in [0.1, 0.15) is 27.6 Å². The molecule has 0 spiro atoms. The summed E-state index contributed by atoms with van der Waals surface area (Å²) in [7, 11) is 0. The van der Waals surface area contributed by atoms with Crippen LogP contribution in [-0.4, -0.2) is 24.2 Å². The van der Waals surface area contributed by atoms with Crippen molar-refractivity contribution in [3.8, 4) is 5.75 Å². The zero-order valence-electron chi connectivity index (χ0n) is 12.5. The molecule has 0 heterocycles. The summed E-state index contributed by atoms with van der Waals surface area (Å²) in [5.41, 5.74) is 1.97. The Balaban J connectivity index is 1.91. The van der Waals surface area contributed by atoms with Crippen molar-refractivity contribution >= 4 is 5.91 Å². The SMILES string of the molecule is Cc1cccc(C(=O)NCC(O)c2ccc(OC(F)F)cc2)c1. The van der Waals surface area contributed by atoms with Gasteiger partial charge in [0.15, 0.2) is 0 Å². The van der Waals surface area contributed by atoms with E-state index in [1.54, 1.807) is 18.2 Å². The molecule has 0 fully saturated rings. The number of nitrogens with one attached hydrogen (secondary N) is 1. The zero-order valence-corrected chi connectivity index (χ0v) is 12.5. The fourth-order valence-corrected chi connectivity index (χ4v) is 2.07. The van der Waals surface area contributed by atoms with E-state index < -0.39 is 12.7 Å². The Labute approximate surface area is 132 Å². The molecule has 0 bridgehead atoms. The number of carbonyl (C=O) groups excluding carboxylic acids is 1. The van der Waals surface area contributed by atoms with Crippen molar-refractivity contribution in [1.82, 2.24) is 5.32 Å². The van der Waals surface area contributed by atoms with Crippen molar-refractivity contribution in [2.45, 2.75) is 19.6 Å². The van der Waals surface area contributed by atoms with E-state index in [-0.39, 0.29) is 18.2 Å². The molecule has 1 amide bonds. The molecule has 0 aliphatic heterocycles. The number of benzene rings is 2. The number of aliphatic hydroxyl groups is 1. The van der Waals surface area contributed by atoms with Gasteiger partial charge in [-0.2, -0.15) is 8.78 Å². The second-order valence-corrected chi connectivity index (χ2v) is 5.04. The van der Waals surface area contributed by atoms with Crippen molar-refractivity contribution in [2.75, 3.05) is 6.54 Å². The molecule has 0 saturated heterocycles. The van der Waals surface area contributed by atoms with Gasteiger partial charge in [0.25, 0.3) is 5.91 Å². The van der Waals surface area contributed by atoms with Crippen LogP contribution in [0.25, 0.3) is 0 Å². The number of rotatable bonds is 6. The Bertz CT molecular complexity index is 659. The number of amides is 1. The molecule has 1 atom stereocenters. The minimum Gasteiger partial charge on any atom is -0.435 e. The molecule has 23 heavy (non-hydrogen) atoms. The summed E-state index contributed by atoms with van der Waals surface area (Å²) < 4.78 is 28.4. The molecule has 2 aromatic carbocycles. The van der Waals surface area contributed by atoms with Gasteiger partial charge in [-0.1, -0.05) is 29.8 Å². The van der Waals surface area contributed by atoms with Crippen molar-refractivity contribution in [3.63, 3.8) is 0 Å². The minimum atomic E-state index is -2.89. The average Bonchev–Trinajstić information content (AvgIpc) is 2.52. The first-order valence-electron chi connectivity index (χ1n) is 7.03. The molecular formula is C17H17F2NO3. The van der Waals surface area contributed by atoms with E-state index in [1.807, 2.05) is 13.0 Å². The quantitative estimate of drug-likeness (QED) is 0.860. The lowest BCUT2D eigenvalue weighted by atomic mass is 10.1. The minimum absolute atomic E-state index is 0.0137. The predicted molar refractivity (Wildman–Crippen MR) is 81.5 cm³/mol. The number of aryl methyl sites for hydroxylation is 1. The van der Waals surface area contributed by atoms with E-state index in [1.165, 1.54) is 24.3 Å². The van der Waals surface area contributed by atoms with Crippen molar-refractivity contribution in [2.24, 2.45) is 0 Å². The van der Waals surface area contributed by atoms with Gasteiger partial charge < -0.3 is 15.2 Å². The molecule has 122 valence electrons. The first-order chi connectivity index (χ1) is 11.0. The Hall–Kier alpha value is -2.47. The van der Waals surface area contributed by atoms with Crippen LogP contribution < -0.4 is 10.1 Å². The maximum Gasteiger partial charge on any atom is 0.387 e. The van der Waals surface area contributed by atoms with Crippen LogP contribution in [0, 0.1) is 6.92 Å². The summed E-state index contributed by atoms with van der Waals surface area (Å²) in [6.07, 6.45) is -0.940. The third-order valence-corrected chi connectivity index (χ3v) is 3.23. The number of hydrogen-bond donors (Lipinski definition) is 2. The Kier molecular flexibility index (Phi) is 5.65. The van der Waals surface area contributed by atoms with Crippen LogP contribution in [0.2, 0.25) is 0 Å². The third-order valence-electron chi connectivity index (χ3n) is 3.23. The maximum absolute atomic E-state index is 12.1. The largest absolute Gasteiger partial charge is 0.435 e. The van der Waals surface area contributed by atoms with Gasteiger partial charge >= 0.3 is 6.61 Å². The molecule has 6 heteroatoms. The fraction of sp³-hybridized carbons (Fsp3) is 0.235. The van der Waals surface area contributed by atoms with Crippen molar-refractivity contribution < 1.29 is 23.4 Å². The number of halogens is 2. The van der Waals surface area contributed by atoms with Gasteiger partial charge in [0, 0.05) is 12.1 Å². The number of ether oxygens (including phenoxy) is 1. The summed E-state index contributed by atoms with van der Waals surface area (Å²) in [6, 6.07) is 12.7. The highest BCUT2D eigenvalue weighted by molar-refractivity contribution is 5.94. The smallest absolute Gasteiger partial charge is 0.387 e. The van der Waals surface area contributed by atoms with Crippen LogP contribution in [-0.2, 0) is 0 Å². The highest BCUT2D eigenvalue weighted by Crippen LogP contribution is 2.19. The van der Waals surface area contributed by atoms with Crippen LogP contribution in [0.3, 0.4) is 0 Å². The molecule has 0 saturated carbocycles. The van der Waals surface area contributed by atoms with E-state index in [0.29, 0.717) is 11.1 Å². The highest BCUT2D eigenvalue weighted by Gasteiger charge is 2.12. The number of carbonyl (C=O) groups is 1. The molecule has 2 N–H and O–H groups in total. The molecule has 2 rings (SSSR count). The van der Waals surface area contributed by atoms with Crippen LogP contribution >= 0.6 is 0 Å². The van der Waals surface area contributed by atoms with Crippen molar-refractivity contribution in [1.29, 1.82) is 0 Å². The lowest BCUT2D eigenvalue weighted by Crippen LogP contribution is -2.28. The lowest BCUT2D eigenvalue weighted by molar-refractivity contribution is -0.0498. The molecule has 4 nitrogen and oxygen atoms in total. The lowest BCUT2D eigenvalue weighted by Gasteiger charge is -2.13. The standard InChI is InChI=1S/C17H17F2NO3/c1-11-3-2-4-13(9-11)16(22)20-10-15(21)12-5-7-14(8-6-12)23-17(18)19/h2-9,15,17,21H,10H2,1H3,(H,20,22). The molecule has 1 unspecified atom stereocenters. The summed E-state index contributed by atoms with van der Waals surface area (Å²) in [6.45, 7) is -0.990. The first kappa shape index (κ1) is 16.9. The maximum atomic E-state index is 12.1. The monoisotopic (exact) mass is 321 g/mol. The van der Waals surface area contributed by atoms with Gasteiger partial charge in [-0.3, -0.25) is 4.79 Å². The van der Waals surface area contributed by atoms with Gasteiger partial charge in [0.1, 0.15) is 5.75 Å². The van der Waals surface area contributed by atoms with Crippen LogP contribution in [0.15, 0.2) is 48.5 Å². The first-order valence-corrected chi connectivity index (χ1v) is 7.03. The van der Waals surface area contributed by atoms with E-state index in [4.69, 9.17) is 0 Å². The summed E-state index contributed by atoms with van der Waals surface area (Å²) >= 11 is 0. The van der Waals surface area contributed by atoms with E-state index in [2.05, 4.69) is 10.1 Å².